The van der Waals surface area contributed by atoms with Gasteiger partial charge in [-0.15, -0.1) is 0 Å². The molecule has 2 aliphatic carbocycles. The third-order valence-electron chi connectivity index (χ3n) is 5.15. The highest BCUT2D eigenvalue weighted by Crippen LogP contribution is 2.34. The molecule has 2 saturated carbocycles. The molecule has 0 bridgehead atoms. The number of rotatable bonds is 9. The Kier molecular flexibility index (Phi) is 5.55. The summed E-state index contributed by atoms with van der Waals surface area (Å²) in [5.41, 5.74) is 0.633. The van der Waals surface area contributed by atoms with Gasteiger partial charge in [-0.25, -0.2) is 13.1 Å². The third-order valence-corrected chi connectivity index (χ3v) is 6.83. The SMILES string of the molecule is COc1ccc(S(=O)(=O)NC2CC(N(CC(=O)O)CC3CC3)C2)c(C)c1. The summed E-state index contributed by atoms with van der Waals surface area (Å²) in [7, 11) is -2.06. The largest absolute Gasteiger partial charge is 0.497 e. The van der Waals surface area contributed by atoms with Crippen LogP contribution < -0.4 is 9.46 Å². The average Bonchev–Trinajstić information content (AvgIpc) is 3.33. The zero-order chi connectivity index (χ0) is 18.9. The van der Waals surface area contributed by atoms with Gasteiger partial charge in [-0.3, -0.25) is 9.69 Å². The lowest BCUT2D eigenvalue weighted by Gasteiger charge is -2.42. The average molecular weight is 382 g/mol. The Morgan fingerprint density at radius 1 is 1.35 bits per heavy atom. The molecule has 0 spiro atoms. The molecule has 2 aliphatic rings. The van der Waals surface area contributed by atoms with Crippen molar-refractivity contribution in [1.82, 2.24) is 9.62 Å². The number of methoxy groups -OCH3 is 1. The van der Waals surface area contributed by atoms with Crippen LogP contribution >= 0.6 is 0 Å². The van der Waals surface area contributed by atoms with Crippen LogP contribution in [0.3, 0.4) is 0 Å². The number of carbonyl (C=O) groups is 1. The highest BCUT2D eigenvalue weighted by Gasteiger charge is 2.39. The monoisotopic (exact) mass is 382 g/mol. The molecule has 1 aromatic carbocycles. The highest BCUT2D eigenvalue weighted by atomic mass is 32.2. The fourth-order valence-corrected chi connectivity index (χ4v) is 4.95. The van der Waals surface area contributed by atoms with Gasteiger partial charge < -0.3 is 9.84 Å². The number of aryl methyl sites for hydroxylation is 1. The standard InChI is InChI=1S/C18H26N2O5S/c1-12-7-16(25-2)5-6-17(12)26(23,24)19-14-8-15(9-14)20(11-18(21)22)10-13-3-4-13/h5-7,13-15,19H,3-4,8-11H2,1-2H3,(H,21,22). The smallest absolute Gasteiger partial charge is 0.317 e. The van der Waals surface area contributed by atoms with Gasteiger partial charge in [0.25, 0.3) is 0 Å². The van der Waals surface area contributed by atoms with Crippen LogP contribution in [0, 0.1) is 12.8 Å². The van der Waals surface area contributed by atoms with Crippen LogP contribution in [0.4, 0.5) is 0 Å². The molecule has 2 fully saturated rings. The molecule has 7 nitrogen and oxygen atoms in total. The molecule has 8 heteroatoms. The molecule has 144 valence electrons. The van der Waals surface area contributed by atoms with E-state index in [1.165, 1.54) is 0 Å². The number of hydrogen-bond donors (Lipinski definition) is 2. The Balaban J connectivity index is 1.59. The van der Waals surface area contributed by atoms with Crippen molar-refractivity contribution in [3.8, 4) is 5.75 Å². The molecule has 2 N–H and O–H groups in total. The Morgan fingerprint density at radius 2 is 2.04 bits per heavy atom. The summed E-state index contributed by atoms with van der Waals surface area (Å²) in [6.07, 6.45) is 3.62. The summed E-state index contributed by atoms with van der Waals surface area (Å²) in [5.74, 6) is 0.394. The maximum absolute atomic E-state index is 12.6. The number of sulfonamides is 1. The number of hydrogen-bond acceptors (Lipinski definition) is 5. The summed E-state index contributed by atoms with van der Waals surface area (Å²) in [6.45, 7) is 2.57. The first-order valence-electron chi connectivity index (χ1n) is 8.91. The van der Waals surface area contributed by atoms with Crippen molar-refractivity contribution in [3.05, 3.63) is 23.8 Å². The quantitative estimate of drug-likeness (QED) is 0.674. The van der Waals surface area contributed by atoms with E-state index in [1.54, 1.807) is 32.2 Å². The Bertz CT molecular complexity index is 770. The molecule has 0 radical (unpaired) electrons. The molecular weight excluding hydrogens is 356 g/mol. The van der Waals surface area contributed by atoms with Gasteiger partial charge >= 0.3 is 5.97 Å². The van der Waals surface area contributed by atoms with Gasteiger partial charge in [0.15, 0.2) is 0 Å². The van der Waals surface area contributed by atoms with E-state index in [4.69, 9.17) is 9.84 Å². The lowest BCUT2D eigenvalue weighted by Crippen LogP contribution is -2.55. The maximum Gasteiger partial charge on any atom is 0.317 e. The summed E-state index contributed by atoms with van der Waals surface area (Å²) < 4.78 is 33.1. The summed E-state index contributed by atoms with van der Waals surface area (Å²) in [4.78, 5) is 13.3. The van der Waals surface area contributed by atoms with Crippen LogP contribution in [0.1, 0.15) is 31.2 Å². The summed E-state index contributed by atoms with van der Waals surface area (Å²) in [6, 6.07) is 4.87. The predicted octanol–water partition coefficient (Wildman–Crippen LogP) is 1.61. The maximum atomic E-state index is 12.6. The molecule has 0 atom stereocenters. The zero-order valence-electron chi connectivity index (χ0n) is 15.1. The van der Waals surface area contributed by atoms with Crippen molar-refractivity contribution >= 4 is 16.0 Å². The molecule has 3 rings (SSSR count). The van der Waals surface area contributed by atoms with Crippen molar-refractivity contribution < 1.29 is 23.1 Å². The molecule has 0 heterocycles. The first-order valence-corrected chi connectivity index (χ1v) is 10.4. The van der Waals surface area contributed by atoms with Gasteiger partial charge in [-0.2, -0.15) is 0 Å². The fourth-order valence-electron chi connectivity index (χ4n) is 3.46. The Labute approximate surface area is 154 Å². The fraction of sp³-hybridized carbons (Fsp3) is 0.611. The number of nitrogens with one attached hydrogen (secondary N) is 1. The number of nitrogens with zero attached hydrogens (tertiary/aromatic N) is 1. The molecule has 0 aromatic heterocycles. The van der Waals surface area contributed by atoms with Crippen LogP contribution in [0.15, 0.2) is 23.1 Å². The van der Waals surface area contributed by atoms with Crippen molar-refractivity contribution in [2.75, 3.05) is 20.2 Å². The van der Waals surface area contributed by atoms with Crippen molar-refractivity contribution in [2.24, 2.45) is 5.92 Å². The van der Waals surface area contributed by atoms with E-state index in [9.17, 15) is 13.2 Å². The van der Waals surface area contributed by atoms with E-state index in [2.05, 4.69) is 4.72 Å². The Hall–Kier alpha value is -1.64. The van der Waals surface area contributed by atoms with Crippen LogP contribution in [-0.2, 0) is 14.8 Å². The van der Waals surface area contributed by atoms with Gasteiger partial charge in [0.1, 0.15) is 5.75 Å². The van der Waals surface area contributed by atoms with Crippen LogP contribution in [0.25, 0.3) is 0 Å². The number of benzene rings is 1. The van der Waals surface area contributed by atoms with Crippen LogP contribution in [0.2, 0.25) is 0 Å². The van der Waals surface area contributed by atoms with E-state index in [0.29, 0.717) is 30.1 Å². The van der Waals surface area contributed by atoms with Crippen LogP contribution in [-0.4, -0.2) is 56.7 Å². The Morgan fingerprint density at radius 3 is 2.58 bits per heavy atom. The first-order chi connectivity index (χ1) is 12.3. The molecule has 0 saturated heterocycles. The lowest BCUT2D eigenvalue weighted by molar-refractivity contribution is -0.139. The van der Waals surface area contributed by atoms with Gasteiger partial charge in [-0.05, 0) is 62.3 Å². The summed E-state index contributed by atoms with van der Waals surface area (Å²) >= 11 is 0. The second-order valence-corrected chi connectivity index (χ2v) is 9.02. The molecule has 26 heavy (non-hydrogen) atoms. The molecule has 0 unspecified atom stereocenters. The topological polar surface area (TPSA) is 95.9 Å². The normalized spacial score (nSPS) is 22.9. The van der Waals surface area contributed by atoms with Crippen LogP contribution in [0.5, 0.6) is 5.75 Å². The number of aliphatic carboxylic acids is 1. The first kappa shape index (κ1) is 19.1. The van der Waals surface area contributed by atoms with E-state index in [0.717, 1.165) is 19.4 Å². The minimum absolute atomic E-state index is 0.0260. The van der Waals surface area contributed by atoms with Crippen molar-refractivity contribution in [2.45, 2.75) is 49.6 Å². The molecule has 1 aromatic rings. The van der Waals surface area contributed by atoms with Gasteiger partial charge in [0.2, 0.25) is 10.0 Å². The van der Waals surface area contributed by atoms with Crippen molar-refractivity contribution in [1.29, 1.82) is 0 Å². The minimum Gasteiger partial charge on any atom is -0.497 e. The van der Waals surface area contributed by atoms with Gasteiger partial charge in [0.05, 0.1) is 18.6 Å². The summed E-state index contributed by atoms with van der Waals surface area (Å²) in [5, 5.41) is 9.10. The predicted molar refractivity (Wildman–Crippen MR) is 96.8 cm³/mol. The minimum atomic E-state index is -3.60. The lowest BCUT2D eigenvalue weighted by atomic mass is 9.86. The van der Waals surface area contributed by atoms with Gasteiger partial charge in [0, 0.05) is 18.6 Å². The number of carboxylic acids is 1. The molecular formula is C18H26N2O5S. The zero-order valence-corrected chi connectivity index (χ0v) is 16.0. The third kappa shape index (κ3) is 4.55. The van der Waals surface area contributed by atoms with E-state index < -0.39 is 16.0 Å². The van der Waals surface area contributed by atoms with Gasteiger partial charge in [-0.1, -0.05) is 0 Å². The second kappa shape index (κ2) is 7.54. The van der Waals surface area contributed by atoms with Crippen molar-refractivity contribution in [3.63, 3.8) is 0 Å². The van der Waals surface area contributed by atoms with E-state index in [-0.39, 0.29) is 23.5 Å². The second-order valence-electron chi connectivity index (χ2n) is 7.34. The molecule has 0 aliphatic heterocycles. The van der Waals surface area contributed by atoms with E-state index in [1.807, 2.05) is 4.90 Å². The number of carboxylic acid groups (broad SMARTS) is 1. The number of ether oxygens (including phenoxy) is 1. The van der Waals surface area contributed by atoms with E-state index >= 15 is 0 Å². The highest BCUT2D eigenvalue weighted by molar-refractivity contribution is 7.89. The molecule has 0 amide bonds.